The van der Waals surface area contributed by atoms with Gasteiger partial charge in [-0.15, -0.1) is 0 Å². The molecule has 0 aliphatic carbocycles. The lowest BCUT2D eigenvalue weighted by atomic mass is 10.1. The maximum Gasteiger partial charge on any atom is 0.248 e. The molecule has 0 fully saturated rings. The third kappa shape index (κ3) is 4.46. The largest absolute Gasteiger partial charge is 0.468 e. The van der Waals surface area contributed by atoms with E-state index < -0.39 is 0 Å². The molecule has 0 bridgehead atoms. The van der Waals surface area contributed by atoms with Gasteiger partial charge in [0.25, 0.3) is 0 Å². The fraction of sp³-hybridized carbons (Fsp3) is 0.0952. The number of ether oxygens (including phenoxy) is 2. The van der Waals surface area contributed by atoms with Crippen LogP contribution in [0.15, 0.2) is 72.8 Å². The first-order chi connectivity index (χ1) is 12.3. The highest BCUT2D eigenvalue weighted by atomic mass is 16.7. The van der Waals surface area contributed by atoms with Crippen LogP contribution in [0.4, 0.5) is 5.69 Å². The molecule has 3 rings (SSSR count). The molecule has 0 aliphatic rings. The molecular formula is C21H19NO3. The summed E-state index contributed by atoms with van der Waals surface area (Å²) in [7, 11) is 1.58. The van der Waals surface area contributed by atoms with E-state index in [9.17, 15) is 4.79 Å². The molecule has 0 saturated carbocycles. The quantitative estimate of drug-likeness (QED) is 0.535. The van der Waals surface area contributed by atoms with Crippen molar-refractivity contribution in [2.45, 2.75) is 0 Å². The normalized spacial score (nSPS) is 10.9. The molecule has 0 unspecified atom stereocenters. The number of nitrogens with one attached hydrogen (secondary N) is 1. The predicted molar refractivity (Wildman–Crippen MR) is 101 cm³/mol. The van der Waals surface area contributed by atoms with Gasteiger partial charge in [0.2, 0.25) is 5.91 Å². The van der Waals surface area contributed by atoms with Gasteiger partial charge in [0, 0.05) is 24.3 Å². The molecule has 4 nitrogen and oxygen atoms in total. The molecule has 0 heterocycles. The lowest BCUT2D eigenvalue weighted by Gasteiger charge is -2.07. The van der Waals surface area contributed by atoms with Gasteiger partial charge in [0.05, 0.1) is 0 Å². The van der Waals surface area contributed by atoms with Crippen LogP contribution in [-0.4, -0.2) is 19.8 Å². The molecule has 1 amide bonds. The Bertz CT molecular complexity index is 880. The molecule has 0 aromatic heterocycles. The van der Waals surface area contributed by atoms with Crippen LogP contribution in [0, 0.1) is 0 Å². The van der Waals surface area contributed by atoms with Crippen molar-refractivity contribution in [1.29, 1.82) is 0 Å². The zero-order chi connectivity index (χ0) is 17.5. The molecule has 25 heavy (non-hydrogen) atoms. The summed E-state index contributed by atoms with van der Waals surface area (Å²) in [6, 6.07) is 21.2. The first kappa shape index (κ1) is 16.7. The average molecular weight is 333 g/mol. The molecule has 0 atom stereocenters. The Balaban J connectivity index is 1.66. The Morgan fingerprint density at radius 1 is 1.00 bits per heavy atom. The highest BCUT2D eigenvalue weighted by Gasteiger charge is 2.02. The van der Waals surface area contributed by atoms with E-state index in [4.69, 9.17) is 9.47 Å². The second kappa shape index (κ2) is 8.13. The van der Waals surface area contributed by atoms with E-state index in [0.717, 1.165) is 27.8 Å². The highest BCUT2D eigenvalue weighted by molar-refractivity contribution is 6.07. The van der Waals surface area contributed by atoms with Gasteiger partial charge in [0.1, 0.15) is 5.75 Å². The molecule has 0 saturated heterocycles. The van der Waals surface area contributed by atoms with Crippen molar-refractivity contribution in [2.24, 2.45) is 0 Å². The first-order valence-electron chi connectivity index (χ1n) is 7.95. The van der Waals surface area contributed by atoms with Gasteiger partial charge >= 0.3 is 0 Å². The van der Waals surface area contributed by atoms with Crippen molar-refractivity contribution in [1.82, 2.24) is 0 Å². The molecule has 3 aromatic rings. The molecule has 0 aliphatic heterocycles. The number of methoxy groups -OCH3 is 1. The first-order valence-corrected chi connectivity index (χ1v) is 7.95. The van der Waals surface area contributed by atoms with Crippen LogP contribution in [-0.2, 0) is 9.53 Å². The Hall–Kier alpha value is -3.11. The van der Waals surface area contributed by atoms with Gasteiger partial charge in [-0.3, -0.25) is 4.79 Å². The molecule has 3 aromatic carbocycles. The van der Waals surface area contributed by atoms with Crippen LogP contribution in [0.3, 0.4) is 0 Å². The average Bonchev–Trinajstić information content (AvgIpc) is 2.66. The number of rotatable bonds is 6. The maximum absolute atomic E-state index is 12.2. The molecule has 4 heteroatoms. The second-order valence-corrected chi connectivity index (χ2v) is 5.47. The molecular weight excluding hydrogens is 314 g/mol. The van der Waals surface area contributed by atoms with Crippen molar-refractivity contribution in [2.75, 3.05) is 19.2 Å². The van der Waals surface area contributed by atoms with Crippen LogP contribution in [0.25, 0.3) is 16.8 Å². The monoisotopic (exact) mass is 333 g/mol. The summed E-state index contributed by atoms with van der Waals surface area (Å²) in [6.07, 6.45) is 3.29. The van der Waals surface area contributed by atoms with Gasteiger partial charge in [-0.25, -0.2) is 0 Å². The van der Waals surface area contributed by atoms with E-state index >= 15 is 0 Å². The van der Waals surface area contributed by atoms with Crippen molar-refractivity contribution >= 4 is 28.4 Å². The number of hydrogen-bond donors (Lipinski definition) is 1. The predicted octanol–water partition coefficient (Wildman–Crippen LogP) is 4.47. The van der Waals surface area contributed by atoms with Crippen molar-refractivity contribution < 1.29 is 14.3 Å². The van der Waals surface area contributed by atoms with Crippen molar-refractivity contribution in [3.8, 4) is 5.75 Å². The molecule has 0 spiro atoms. The minimum atomic E-state index is -0.170. The standard InChI is InChI=1S/C21H19NO3/c1-24-15-25-18-12-9-16(10-13-18)11-14-21(23)22-20-8-4-6-17-5-2-3-7-19(17)20/h2-14H,15H2,1H3,(H,22,23)/b14-11+. The van der Waals surface area contributed by atoms with Gasteiger partial charge in [0.15, 0.2) is 6.79 Å². The smallest absolute Gasteiger partial charge is 0.248 e. The van der Waals surface area contributed by atoms with Gasteiger partial charge in [-0.2, -0.15) is 0 Å². The van der Waals surface area contributed by atoms with Gasteiger partial charge in [-0.05, 0) is 35.2 Å². The number of carbonyl (C=O) groups excluding carboxylic acids is 1. The molecule has 1 N–H and O–H groups in total. The summed E-state index contributed by atoms with van der Waals surface area (Å²) in [5.41, 5.74) is 1.72. The fourth-order valence-electron chi connectivity index (χ4n) is 2.48. The lowest BCUT2D eigenvalue weighted by molar-refractivity contribution is -0.111. The number of fused-ring (bicyclic) bond motifs is 1. The van der Waals surface area contributed by atoms with Crippen LogP contribution >= 0.6 is 0 Å². The number of hydrogen-bond acceptors (Lipinski definition) is 3. The Morgan fingerprint density at radius 3 is 2.56 bits per heavy atom. The Kier molecular flexibility index (Phi) is 5.44. The summed E-state index contributed by atoms with van der Waals surface area (Å²) >= 11 is 0. The summed E-state index contributed by atoms with van der Waals surface area (Å²) in [6.45, 7) is 0.211. The number of carbonyl (C=O) groups is 1. The lowest BCUT2D eigenvalue weighted by Crippen LogP contribution is -2.07. The Morgan fingerprint density at radius 2 is 1.76 bits per heavy atom. The third-order valence-corrected chi connectivity index (χ3v) is 3.70. The summed E-state index contributed by atoms with van der Waals surface area (Å²) in [4.78, 5) is 12.2. The zero-order valence-electron chi connectivity index (χ0n) is 13.9. The van der Waals surface area contributed by atoms with E-state index in [1.165, 1.54) is 6.08 Å². The van der Waals surface area contributed by atoms with Crippen molar-refractivity contribution in [3.63, 3.8) is 0 Å². The second-order valence-electron chi connectivity index (χ2n) is 5.47. The maximum atomic E-state index is 12.2. The number of anilines is 1. The molecule has 0 radical (unpaired) electrons. The third-order valence-electron chi connectivity index (χ3n) is 3.70. The zero-order valence-corrected chi connectivity index (χ0v) is 13.9. The number of benzene rings is 3. The van der Waals surface area contributed by atoms with Gasteiger partial charge < -0.3 is 14.8 Å². The van der Waals surface area contributed by atoms with Crippen LogP contribution in [0.1, 0.15) is 5.56 Å². The van der Waals surface area contributed by atoms with E-state index in [-0.39, 0.29) is 12.7 Å². The van der Waals surface area contributed by atoms with Gasteiger partial charge in [-0.1, -0.05) is 48.5 Å². The Labute approximate surface area is 146 Å². The van der Waals surface area contributed by atoms with E-state index in [0.29, 0.717) is 0 Å². The van der Waals surface area contributed by atoms with E-state index in [2.05, 4.69) is 5.32 Å². The topological polar surface area (TPSA) is 47.6 Å². The number of amides is 1. The van der Waals surface area contributed by atoms with Crippen LogP contribution in [0.2, 0.25) is 0 Å². The summed E-state index contributed by atoms with van der Waals surface area (Å²) in [5.74, 6) is 0.551. The fourth-order valence-corrected chi connectivity index (χ4v) is 2.48. The van der Waals surface area contributed by atoms with Crippen LogP contribution < -0.4 is 10.1 Å². The van der Waals surface area contributed by atoms with Crippen LogP contribution in [0.5, 0.6) is 5.75 Å². The highest BCUT2D eigenvalue weighted by Crippen LogP contribution is 2.23. The minimum absolute atomic E-state index is 0.170. The van der Waals surface area contributed by atoms with Crippen molar-refractivity contribution in [3.05, 3.63) is 78.4 Å². The minimum Gasteiger partial charge on any atom is -0.468 e. The van der Waals surface area contributed by atoms with E-state index in [1.54, 1.807) is 13.2 Å². The summed E-state index contributed by atoms with van der Waals surface area (Å²) < 4.78 is 10.2. The summed E-state index contributed by atoms with van der Waals surface area (Å²) in [5, 5.41) is 5.04. The van der Waals surface area contributed by atoms with E-state index in [1.807, 2.05) is 66.7 Å². The SMILES string of the molecule is COCOc1ccc(/C=C/C(=O)Nc2cccc3ccccc23)cc1. The molecule has 126 valence electrons.